The van der Waals surface area contributed by atoms with Crippen LogP contribution in [0.4, 0.5) is 17.1 Å². The molecule has 0 bridgehead atoms. The molecule has 108 valence electrons. The third-order valence-electron chi connectivity index (χ3n) is 4.70. The van der Waals surface area contributed by atoms with E-state index < -0.39 is 0 Å². The highest BCUT2D eigenvalue weighted by molar-refractivity contribution is 5.67. The van der Waals surface area contributed by atoms with Crippen LogP contribution in [0, 0.1) is 0 Å². The summed E-state index contributed by atoms with van der Waals surface area (Å²) in [5, 5.41) is 0. The molecule has 1 aromatic carbocycles. The molecule has 21 heavy (non-hydrogen) atoms. The molecule has 4 heteroatoms. The van der Waals surface area contributed by atoms with E-state index in [4.69, 9.17) is 5.73 Å². The van der Waals surface area contributed by atoms with Crippen LogP contribution in [0.2, 0.25) is 0 Å². The van der Waals surface area contributed by atoms with Gasteiger partial charge >= 0.3 is 0 Å². The van der Waals surface area contributed by atoms with E-state index in [-0.39, 0.29) is 0 Å². The van der Waals surface area contributed by atoms with Crippen molar-refractivity contribution in [3.63, 3.8) is 0 Å². The summed E-state index contributed by atoms with van der Waals surface area (Å²) in [5.41, 5.74) is 10.9. The van der Waals surface area contributed by atoms with Crippen LogP contribution in [0.15, 0.2) is 42.7 Å². The summed E-state index contributed by atoms with van der Waals surface area (Å²) in [4.78, 5) is 9.07. The number of rotatable bonds is 1. The second-order valence-electron chi connectivity index (χ2n) is 5.90. The van der Waals surface area contributed by atoms with Crippen LogP contribution in [0.1, 0.15) is 12.0 Å². The first-order valence-corrected chi connectivity index (χ1v) is 7.62. The number of aromatic nitrogens is 1. The van der Waals surface area contributed by atoms with E-state index in [0.717, 1.165) is 31.0 Å². The maximum absolute atomic E-state index is 6.08. The number of benzene rings is 1. The van der Waals surface area contributed by atoms with Gasteiger partial charge in [0.1, 0.15) is 0 Å². The largest absolute Gasteiger partial charge is 0.396 e. The number of fused-ring (bicyclic) bond motifs is 3. The van der Waals surface area contributed by atoms with Crippen molar-refractivity contribution in [3.8, 4) is 0 Å². The molecule has 1 fully saturated rings. The first-order chi connectivity index (χ1) is 10.3. The molecule has 1 aromatic heterocycles. The van der Waals surface area contributed by atoms with Crippen molar-refractivity contribution >= 4 is 17.1 Å². The van der Waals surface area contributed by atoms with Crippen molar-refractivity contribution in [1.29, 1.82) is 0 Å². The first kappa shape index (κ1) is 12.5. The van der Waals surface area contributed by atoms with Crippen LogP contribution in [0.3, 0.4) is 0 Å². The summed E-state index contributed by atoms with van der Waals surface area (Å²) in [6, 6.07) is 11.4. The summed E-state index contributed by atoms with van der Waals surface area (Å²) < 4.78 is 0. The van der Waals surface area contributed by atoms with Gasteiger partial charge in [-0.2, -0.15) is 0 Å². The van der Waals surface area contributed by atoms with Crippen LogP contribution in [-0.2, 0) is 6.42 Å². The summed E-state index contributed by atoms with van der Waals surface area (Å²) in [5.74, 6) is 0. The monoisotopic (exact) mass is 280 g/mol. The number of piperazine rings is 1. The summed E-state index contributed by atoms with van der Waals surface area (Å²) in [6.07, 6.45) is 5.97. The van der Waals surface area contributed by atoms with Crippen LogP contribution in [-0.4, -0.2) is 30.7 Å². The van der Waals surface area contributed by atoms with E-state index in [9.17, 15) is 0 Å². The molecule has 1 unspecified atom stereocenters. The fourth-order valence-corrected chi connectivity index (χ4v) is 3.65. The minimum atomic E-state index is 0.584. The fourth-order valence-electron chi connectivity index (χ4n) is 3.65. The van der Waals surface area contributed by atoms with Crippen molar-refractivity contribution < 1.29 is 0 Å². The summed E-state index contributed by atoms with van der Waals surface area (Å²) in [7, 11) is 0. The van der Waals surface area contributed by atoms with Crippen molar-refractivity contribution in [2.24, 2.45) is 0 Å². The number of nitrogens with two attached hydrogens (primary N) is 1. The number of para-hydroxylation sites is 1. The zero-order chi connectivity index (χ0) is 14.2. The van der Waals surface area contributed by atoms with Crippen LogP contribution in [0.5, 0.6) is 0 Å². The molecule has 2 aromatic rings. The molecular formula is C17H20N4. The molecule has 3 heterocycles. The molecule has 0 amide bonds. The van der Waals surface area contributed by atoms with Gasteiger partial charge in [0.25, 0.3) is 0 Å². The van der Waals surface area contributed by atoms with Gasteiger partial charge in [0, 0.05) is 37.6 Å². The van der Waals surface area contributed by atoms with Gasteiger partial charge in [-0.25, -0.2) is 0 Å². The van der Waals surface area contributed by atoms with Crippen molar-refractivity contribution in [3.05, 3.63) is 48.3 Å². The first-order valence-electron chi connectivity index (χ1n) is 7.62. The Kier molecular flexibility index (Phi) is 2.95. The van der Waals surface area contributed by atoms with Gasteiger partial charge in [-0.15, -0.1) is 0 Å². The predicted octanol–water partition coefficient (Wildman–Crippen LogP) is 2.31. The highest BCUT2D eigenvalue weighted by Crippen LogP contribution is 2.34. The molecule has 2 aliphatic heterocycles. The van der Waals surface area contributed by atoms with Gasteiger partial charge in [0.05, 0.1) is 17.6 Å². The molecule has 0 spiro atoms. The molecule has 2 N–H and O–H groups in total. The van der Waals surface area contributed by atoms with Gasteiger partial charge in [-0.3, -0.25) is 4.98 Å². The summed E-state index contributed by atoms with van der Waals surface area (Å²) >= 11 is 0. The number of nitrogens with zero attached hydrogens (tertiary/aromatic N) is 3. The number of nitrogen functional groups attached to an aromatic ring is 1. The maximum Gasteiger partial charge on any atom is 0.0738 e. The summed E-state index contributed by atoms with van der Waals surface area (Å²) in [6.45, 7) is 3.12. The predicted molar refractivity (Wildman–Crippen MR) is 86.8 cm³/mol. The molecule has 4 nitrogen and oxygen atoms in total. The van der Waals surface area contributed by atoms with E-state index in [1.54, 1.807) is 6.20 Å². The molecule has 1 atom stereocenters. The third-order valence-corrected chi connectivity index (χ3v) is 4.70. The van der Waals surface area contributed by atoms with Crippen molar-refractivity contribution in [2.45, 2.75) is 18.9 Å². The minimum Gasteiger partial charge on any atom is -0.396 e. The number of hydrogen-bond donors (Lipinski definition) is 1. The lowest BCUT2D eigenvalue weighted by Crippen LogP contribution is -2.55. The Bertz CT molecular complexity index is 655. The molecule has 0 saturated carbocycles. The number of pyridine rings is 1. The number of aryl methyl sites for hydroxylation is 1. The Morgan fingerprint density at radius 3 is 2.90 bits per heavy atom. The Balaban J connectivity index is 1.59. The van der Waals surface area contributed by atoms with Crippen LogP contribution >= 0.6 is 0 Å². The lowest BCUT2D eigenvalue weighted by molar-refractivity contribution is 0.476. The Hall–Kier alpha value is -2.23. The minimum absolute atomic E-state index is 0.584. The van der Waals surface area contributed by atoms with Gasteiger partial charge in [0.2, 0.25) is 0 Å². The fraction of sp³-hybridized carbons (Fsp3) is 0.353. The van der Waals surface area contributed by atoms with Crippen molar-refractivity contribution in [2.75, 3.05) is 35.2 Å². The Morgan fingerprint density at radius 1 is 1.10 bits per heavy atom. The van der Waals surface area contributed by atoms with E-state index in [0.29, 0.717) is 6.04 Å². The molecule has 4 rings (SSSR count). The SMILES string of the molecule is Nc1cnccc1N1CCN2c3ccccc3CCC2C1. The lowest BCUT2D eigenvalue weighted by Gasteiger charge is -2.47. The standard InChI is InChI=1S/C17H20N4/c18-15-11-19-8-7-17(15)20-9-10-21-14(12-20)6-5-13-3-1-2-4-16(13)21/h1-4,7-8,11,14H,5-6,9-10,12,18H2. The quantitative estimate of drug-likeness (QED) is 0.870. The average molecular weight is 280 g/mol. The van der Waals surface area contributed by atoms with E-state index in [2.05, 4.69) is 39.0 Å². The van der Waals surface area contributed by atoms with Crippen LogP contribution in [0.25, 0.3) is 0 Å². The van der Waals surface area contributed by atoms with Gasteiger partial charge in [0.15, 0.2) is 0 Å². The van der Waals surface area contributed by atoms with E-state index in [1.807, 2.05) is 12.3 Å². The smallest absolute Gasteiger partial charge is 0.0738 e. The lowest BCUT2D eigenvalue weighted by atomic mass is 9.93. The highest BCUT2D eigenvalue weighted by atomic mass is 15.3. The normalized spacial score (nSPS) is 20.9. The van der Waals surface area contributed by atoms with Gasteiger partial charge in [-0.05, 0) is 30.5 Å². The van der Waals surface area contributed by atoms with E-state index >= 15 is 0 Å². The van der Waals surface area contributed by atoms with E-state index in [1.165, 1.54) is 24.1 Å². The molecule has 0 aliphatic carbocycles. The molecule has 2 aliphatic rings. The Labute approximate surface area is 125 Å². The van der Waals surface area contributed by atoms with Crippen LogP contribution < -0.4 is 15.5 Å². The highest BCUT2D eigenvalue weighted by Gasteiger charge is 2.31. The molecule has 0 radical (unpaired) electrons. The second-order valence-corrected chi connectivity index (χ2v) is 5.90. The molecule has 1 saturated heterocycles. The zero-order valence-corrected chi connectivity index (χ0v) is 12.1. The average Bonchev–Trinajstić information content (AvgIpc) is 2.54. The Morgan fingerprint density at radius 2 is 2.00 bits per heavy atom. The maximum atomic E-state index is 6.08. The second kappa shape index (κ2) is 4.95. The number of anilines is 3. The van der Waals surface area contributed by atoms with Crippen molar-refractivity contribution in [1.82, 2.24) is 4.98 Å². The van der Waals surface area contributed by atoms with Gasteiger partial charge < -0.3 is 15.5 Å². The van der Waals surface area contributed by atoms with Gasteiger partial charge in [-0.1, -0.05) is 18.2 Å². The zero-order valence-electron chi connectivity index (χ0n) is 12.1. The topological polar surface area (TPSA) is 45.4 Å². The molecular weight excluding hydrogens is 260 g/mol. The third kappa shape index (κ3) is 2.11. The number of hydrogen-bond acceptors (Lipinski definition) is 4.